The Morgan fingerprint density at radius 3 is 2.38 bits per heavy atom. The van der Waals surface area contributed by atoms with Gasteiger partial charge in [0.15, 0.2) is 5.82 Å². The molecule has 0 spiro atoms. The average Bonchev–Trinajstić information content (AvgIpc) is 3.46. The van der Waals surface area contributed by atoms with Crippen LogP contribution in [0.25, 0.3) is 0 Å². The minimum atomic E-state index is -4.80. The number of halogens is 4. The van der Waals surface area contributed by atoms with Crippen LogP contribution in [-0.2, 0) is 25.4 Å². The van der Waals surface area contributed by atoms with Gasteiger partial charge in [0.1, 0.15) is 18.1 Å². The van der Waals surface area contributed by atoms with Gasteiger partial charge < -0.3 is 9.84 Å². The van der Waals surface area contributed by atoms with E-state index in [1.165, 1.54) is 11.9 Å². The number of aromatic nitrogens is 1. The van der Waals surface area contributed by atoms with Gasteiger partial charge in [-0.05, 0) is 56.0 Å². The molecule has 0 bridgehead atoms. The summed E-state index contributed by atoms with van der Waals surface area (Å²) < 4.78 is 46.6. The molecule has 2 aliphatic heterocycles. The third-order valence-electron chi connectivity index (χ3n) is 10.6. The number of ether oxygens (including phenoxy) is 1. The van der Waals surface area contributed by atoms with Gasteiger partial charge in [-0.1, -0.05) is 59.6 Å². The molecule has 1 N–H and O–H groups in total. The van der Waals surface area contributed by atoms with E-state index in [1.54, 1.807) is 61.5 Å². The molecule has 14 heteroatoms. The van der Waals surface area contributed by atoms with Crippen LogP contribution < -0.4 is 14.6 Å². The van der Waals surface area contributed by atoms with Gasteiger partial charge in [0.2, 0.25) is 11.8 Å². The van der Waals surface area contributed by atoms with Crippen molar-refractivity contribution in [3.63, 3.8) is 0 Å². The number of fused-ring (bicyclic) bond motifs is 4. The third kappa shape index (κ3) is 5.00. The Labute approximate surface area is 290 Å². The molecule has 7 rings (SSSR count). The zero-order valence-corrected chi connectivity index (χ0v) is 27.7. The number of aliphatic hydroxyl groups is 1. The van der Waals surface area contributed by atoms with Gasteiger partial charge in [0.05, 0.1) is 40.5 Å². The van der Waals surface area contributed by atoms with Crippen molar-refractivity contribution in [3.8, 4) is 5.75 Å². The number of aliphatic hydroxyl groups excluding tert-OH is 1. The summed E-state index contributed by atoms with van der Waals surface area (Å²) in [7, 11) is 1.25. The van der Waals surface area contributed by atoms with Crippen LogP contribution in [-0.4, -0.2) is 59.0 Å². The number of anilines is 2. The minimum Gasteiger partial charge on any atom is -0.491 e. The smallest absolute Gasteiger partial charge is 0.433 e. The maximum atomic E-state index is 14.6. The molecule has 0 unspecified atom stereocenters. The summed E-state index contributed by atoms with van der Waals surface area (Å²) in [5, 5.41) is 11.1. The van der Waals surface area contributed by atoms with E-state index in [2.05, 4.69) is 4.98 Å². The fraction of sp³-hybridized carbons (Fsp3) is 0.361. The number of carbonyl (C=O) groups excluding carboxylic acids is 4. The number of pyridine rings is 1. The first-order valence-electron chi connectivity index (χ1n) is 16.1. The lowest BCUT2D eigenvalue weighted by Gasteiger charge is -2.49. The number of hydrogen-bond donors (Lipinski definition) is 1. The number of benzene rings is 2. The van der Waals surface area contributed by atoms with E-state index in [9.17, 15) is 37.5 Å². The van der Waals surface area contributed by atoms with Crippen LogP contribution >= 0.6 is 11.6 Å². The van der Waals surface area contributed by atoms with Crippen molar-refractivity contribution in [2.45, 2.75) is 31.9 Å². The molecule has 2 aromatic carbocycles. The van der Waals surface area contributed by atoms with E-state index in [4.69, 9.17) is 16.3 Å². The number of rotatable bonds is 7. The highest BCUT2D eigenvalue weighted by atomic mass is 35.5. The summed E-state index contributed by atoms with van der Waals surface area (Å²) >= 11 is 6.25. The Bertz CT molecular complexity index is 1940. The maximum absolute atomic E-state index is 14.6. The van der Waals surface area contributed by atoms with Crippen molar-refractivity contribution < 1.29 is 42.2 Å². The molecule has 3 heterocycles. The van der Waals surface area contributed by atoms with Crippen LogP contribution in [0.1, 0.15) is 36.9 Å². The van der Waals surface area contributed by atoms with Crippen molar-refractivity contribution in [1.29, 1.82) is 0 Å². The highest BCUT2D eigenvalue weighted by molar-refractivity contribution is 6.33. The molecular weight excluding hydrogens is 677 g/mol. The summed E-state index contributed by atoms with van der Waals surface area (Å²) in [4.78, 5) is 62.1. The summed E-state index contributed by atoms with van der Waals surface area (Å²) in [5.74, 6) is -6.40. The largest absolute Gasteiger partial charge is 0.491 e. The highest BCUT2D eigenvalue weighted by Crippen LogP contribution is 2.64. The van der Waals surface area contributed by atoms with E-state index in [0.29, 0.717) is 28.6 Å². The molecule has 50 heavy (non-hydrogen) atoms. The van der Waals surface area contributed by atoms with E-state index in [-0.39, 0.29) is 31.1 Å². The Morgan fingerprint density at radius 2 is 1.68 bits per heavy atom. The molecule has 1 saturated carbocycles. The van der Waals surface area contributed by atoms with Gasteiger partial charge in [0.25, 0.3) is 11.8 Å². The number of hydrogen-bond acceptors (Lipinski definition) is 8. The summed E-state index contributed by atoms with van der Waals surface area (Å²) in [6.45, 7) is 1.46. The van der Waals surface area contributed by atoms with Gasteiger partial charge in [-0.3, -0.25) is 24.2 Å². The SMILES string of the molecule is CN(c1nc(C(F)(F)F)ccc1Cl)N1C(=O)[C@H]2[C@H](CC=C3[C@H]2C[C@H]2C(=O)N(c4ccccc4)C(=O)[C@@]2(C)[C@H]3c2ccccc2OCCO)C1=O. The molecular formula is C36H32ClF3N4O6. The van der Waals surface area contributed by atoms with Gasteiger partial charge in [-0.25, -0.2) is 9.88 Å². The minimum absolute atomic E-state index is 0.0273. The molecule has 0 radical (unpaired) electrons. The van der Waals surface area contributed by atoms with Crippen molar-refractivity contribution in [2.75, 3.05) is 30.2 Å². The molecule has 3 fully saturated rings. The van der Waals surface area contributed by atoms with E-state index in [0.717, 1.165) is 16.1 Å². The lowest BCUT2D eigenvalue weighted by molar-refractivity contribution is -0.141. The van der Waals surface area contributed by atoms with Crippen molar-refractivity contribution in [3.05, 3.63) is 94.7 Å². The van der Waals surface area contributed by atoms with Crippen molar-refractivity contribution >= 4 is 46.7 Å². The number of carbonyl (C=O) groups is 4. The number of imide groups is 2. The van der Waals surface area contributed by atoms with Crippen LogP contribution in [0.3, 0.4) is 0 Å². The van der Waals surface area contributed by atoms with Crippen LogP contribution in [0.2, 0.25) is 5.02 Å². The lowest BCUT2D eigenvalue weighted by Crippen LogP contribution is -2.49. The number of nitrogens with zero attached hydrogens (tertiary/aromatic N) is 4. The fourth-order valence-corrected chi connectivity index (χ4v) is 8.61. The molecule has 3 aromatic rings. The Kier molecular flexibility index (Phi) is 8.25. The number of alkyl halides is 3. The Morgan fingerprint density at radius 1 is 0.980 bits per heavy atom. The predicted octanol–water partition coefficient (Wildman–Crippen LogP) is 5.41. The maximum Gasteiger partial charge on any atom is 0.433 e. The van der Waals surface area contributed by atoms with Crippen molar-refractivity contribution in [1.82, 2.24) is 9.99 Å². The molecule has 1 aromatic heterocycles. The number of amides is 4. The van der Waals surface area contributed by atoms with E-state index in [1.807, 2.05) is 6.08 Å². The topological polar surface area (TPSA) is 120 Å². The zero-order chi connectivity index (χ0) is 35.7. The number of para-hydroxylation sites is 2. The molecule has 260 valence electrons. The van der Waals surface area contributed by atoms with Crippen LogP contribution in [0.15, 0.2) is 78.4 Å². The Balaban J connectivity index is 1.33. The van der Waals surface area contributed by atoms with Gasteiger partial charge in [0, 0.05) is 18.5 Å². The van der Waals surface area contributed by atoms with Crippen LogP contribution in [0, 0.1) is 29.1 Å². The first-order valence-corrected chi connectivity index (χ1v) is 16.5. The molecule has 6 atom stereocenters. The van der Waals surface area contributed by atoms with Gasteiger partial charge >= 0.3 is 6.18 Å². The average molecular weight is 709 g/mol. The summed E-state index contributed by atoms with van der Waals surface area (Å²) in [6.07, 6.45) is -2.76. The first kappa shape index (κ1) is 33.7. The molecule has 2 aliphatic carbocycles. The highest BCUT2D eigenvalue weighted by Gasteiger charge is 2.68. The molecule has 4 amide bonds. The molecule has 4 aliphatic rings. The standard InChI is InChI=1S/C36H32ClF3N4O6/c1-35-24(32(47)43(34(35)49)19-8-4-3-5-9-19)18-23-20(29(35)21-10-6-7-11-26(21)50-17-16-45)12-13-22-28(23)33(48)44(31(22)46)42(2)30-25(37)14-15-27(41-30)36(38,39)40/h3-12,14-15,22-24,28-29,45H,13,16-18H2,1-2H3/t22-,23+,24-,28-,29+,35+/m0/s1. The van der Waals surface area contributed by atoms with Crippen molar-refractivity contribution in [2.24, 2.45) is 29.1 Å². The third-order valence-corrected chi connectivity index (χ3v) is 10.9. The number of hydrazine groups is 1. The second-order valence-corrected chi connectivity index (χ2v) is 13.5. The lowest BCUT2D eigenvalue weighted by atomic mass is 9.51. The van der Waals surface area contributed by atoms with Gasteiger partial charge in [-0.2, -0.15) is 18.2 Å². The predicted molar refractivity (Wildman–Crippen MR) is 175 cm³/mol. The zero-order valence-electron chi connectivity index (χ0n) is 26.9. The monoisotopic (exact) mass is 708 g/mol. The van der Waals surface area contributed by atoms with Crippen LogP contribution in [0.4, 0.5) is 24.7 Å². The van der Waals surface area contributed by atoms with E-state index < -0.39 is 76.3 Å². The second-order valence-electron chi connectivity index (χ2n) is 13.1. The number of allylic oxidation sites excluding steroid dienone is 2. The fourth-order valence-electron chi connectivity index (χ4n) is 8.38. The van der Waals surface area contributed by atoms with Crippen LogP contribution in [0.5, 0.6) is 5.75 Å². The second kappa shape index (κ2) is 12.2. The van der Waals surface area contributed by atoms with E-state index >= 15 is 0 Å². The first-order chi connectivity index (χ1) is 23.8. The molecule has 10 nitrogen and oxygen atoms in total. The van der Waals surface area contributed by atoms with Gasteiger partial charge in [-0.15, -0.1) is 0 Å². The molecule has 2 saturated heterocycles. The normalized spacial score (nSPS) is 27.6. The quantitative estimate of drug-likeness (QED) is 0.256. The Hall–Kier alpha value is -4.75. The summed E-state index contributed by atoms with van der Waals surface area (Å²) in [6, 6.07) is 17.3. The summed E-state index contributed by atoms with van der Waals surface area (Å²) in [5.41, 5.74) is -0.875.